The molecule has 1 aliphatic heterocycles. The van der Waals surface area contributed by atoms with Gasteiger partial charge in [0.25, 0.3) is 5.91 Å². The van der Waals surface area contributed by atoms with E-state index >= 15 is 0 Å². The molecule has 2 N–H and O–H groups in total. The van der Waals surface area contributed by atoms with Gasteiger partial charge in [-0.2, -0.15) is 0 Å². The van der Waals surface area contributed by atoms with Crippen LogP contribution in [-0.4, -0.2) is 31.6 Å². The maximum Gasteiger partial charge on any atom is 0.266 e. The fourth-order valence-corrected chi connectivity index (χ4v) is 2.63. The third-order valence-corrected chi connectivity index (χ3v) is 3.82. The van der Waals surface area contributed by atoms with Crippen LogP contribution in [0.4, 0.5) is 11.4 Å². The Kier molecular flexibility index (Phi) is 5.26. The van der Waals surface area contributed by atoms with Gasteiger partial charge in [0.1, 0.15) is 5.75 Å². The van der Waals surface area contributed by atoms with Crippen molar-refractivity contribution in [1.82, 2.24) is 0 Å². The van der Waals surface area contributed by atoms with Crippen LogP contribution in [0.1, 0.15) is 13.3 Å². The van der Waals surface area contributed by atoms with Crippen LogP contribution in [-0.2, 0) is 9.59 Å². The Labute approximate surface area is 151 Å². The molecule has 0 saturated carbocycles. The van der Waals surface area contributed by atoms with E-state index in [1.807, 2.05) is 6.92 Å². The summed E-state index contributed by atoms with van der Waals surface area (Å²) in [7, 11) is 1.53. The number of fused-ring (bicyclic) bond motifs is 1. The number of carbonyl (C=O) groups is 2. The highest BCUT2D eigenvalue weighted by molar-refractivity contribution is 6.02. The van der Waals surface area contributed by atoms with Crippen LogP contribution in [0.2, 0.25) is 0 Å². The Hall–Kier alpha value is -3.22. The van der Waals surface area contributed by atoms with Crippen LogP contribution in [0.25, 0.3) is 0 Å². The largest absolute Gasteiger partial charge is 0.493 e. The maximum absolute atomic E-state index is 12.3. The first-order valence-corrected chi connectivity index (χ1v) is 8.28. The van der Waals surface area contributed by atoms with E-state index in [2.05, 4.69) is 10.6 Å². The van der Waals surface area contributed by atoms with Crippen molar-refractivity contribution in [3.05, 3.63) is 42.5 Å². The van der Waals surface area contributed by atoms with Crippen LogP contribution in [0.15, 0.2) is 42.5 Å². The molecule has 1 heterocycles. The summed E-state index contributed by atoms with van der Waals surface area (Å²) < 4.78 is 16.3. The quantitative estimate of drug-likeness (QED) is 0.831. The van der Waals surface area contributed by atoms with Gasteiger partial charge in [-0.05, 0) is 31.2 Å². The van der Waals surface area contributed by atoms with Gasteiger partial charge in [0.15, 0.2) is 17.6 Å². The smallest absolute Gasteiger partial charge is 0.266 e. The normalized spacial score (nSPS) is 15.3. The molecule has 0 saturated heterocycles. The average molecular weight is 356 g/mol. The van der Waals surface area contributed by atoms with Crippen molar-refractivity contribution in [2.75, 3.05) is 24.4 Å². The first-order chi connectivity index (χ1) is 12.6. The van der Waals surface area contributed by atoms with Crippen molar-refractivity contribution in [3.63, 3.8) is 0 Å². The first kappa shape index (κ1) is 17.6. The minimum atomic E-state index is -0.880. The molecule has 0 aromatic heterocycles. The monoisotopic (exact) mass is 356 g/mol. The highest BCUT2D eigenvalue weighted by Gasteiger charge is 2.29. The summed E-state index contributed by atoms with van der Waals surface area (Å²) in [6, 6.07) is 12.2. The van der Waals surface area contributed by atoms with Gasteiger partial charge in [-0.25, -0.2) is 0 Å². The fraction of sp³-hybridized carbons (Fsp3) is 0.263. The predicted molar refractivity (Wildman–Crippen MR) is 96.9 cm³/mol. The number of carbonyl (C=O) groups excluding carboxylic acids is 2. The molecule has 0 spiro atoms. The number of methoxy groups -OCH3 is 1. The number of para-hydroxylation sites is 2. The van der Waals surface area contributed by atoms with Crippen LogP contribution >= 0.6 is 0 Å². The topological polar surface area (TPSA) is 85.9 Å². The Balaban J connectivity index is 1.65. The Morgan fingerprint density at radius 2 is 2.04 bits per heavy atom. The highest BCUT2D eigenvalue weighted by Crippen LogP contribution is 2.31. The molecule has 2 aromatic carbocycles. The molecule has 3 rings (SSSR count). The van der Waals surface area contributed by atoms with Gasteiger partial charge in [0, 0.05) is 11.8 Å². The summed E-state index contributed by atoms with van der Waals surface area (Å²) in [5.41, 5.74) is 1.15. The summed E-state index contributed by atoms with van der Waals surface area (Å²) in [5, 5.41) is 5.48. The maximum atomic E-state index is 12.3. The van der Waals surface area contributed by atoms with E-state index < -0.39 is 6.10 Å². The van der Waals surface area contributed by atoms with E-state index in [4.69, 9.17) is 14.2 Å². The number of anilines is 2. The molecule has 26 heavy (non-hydrogen) atoms. The zero-order valence-electron chi connectivity index (χ0n) is 14.6. The molecule has 0 unspecified atom stereocenters. The second-order valence-electron chi connectivity index (χ2n) is 5.64. The molecular weight excluding hydrogens is 336 g/mol. The number of benzene rings is 2. The summed E-state index contributed by atoms with van der Waals surface area (Å²) >= 11 is 0. The standard InChI is InChI=1S/C19H20N2O5/c1-3-25-15-9-8-12(10-16(15)24-2)20-18(22)11-17-19(23)21-13-6-4-5-7-14(13)26-17/h4-10,17H,3,11H2,1-2H3,(H,20,22)(H,21,23)/t17-/m0/s1. The van der Waals surface area contributed by atoms with Gasteiger partial charge >= 0.3 is 0 Å². The third-order valence-electron chi connectivity index (χ3n) is 3.82. The minimum absolute atomic E-state index is 0.101. The Bertz CT molecular complexity index is 821. The molecule has 2 amide bonds. The molecule has 0 bridgehead atoms. The van der Waals surface area contributed by atoms with E-state index in [9.17, 15) is 9.59 Å². The van der Waals surface area contributed by atoms with Gasteiger partial charge in [-0.1, -0.05) is 12.1 Å². The lowest BCUT2D eigenvalue weighted by Crippen LogP contribution is -2.39. The summed E-state index contributed by atoms with van der Waals surface area (Å²) in [6.07, 6.45) is -0.982. The molecule has 1 atom stereocenters. The zero-order chi connectivity index (χ0) is 18.5. The molecule has 0 aliphatic carbocycles. The lowest BCUT2D eigenvalue weighted by molar-refractivity contribution is -0.128. The number of hydrogen-bond acceptors (Lipinski definition) is 5. The second-order valence-corrected chi connectivity index (χ2v) is 5.64. The average Bonchev–Trinajstić information content (AvgIpc) is 2.63. The van der Waals surface area contributed by atoms with Crippen molar-refractivity contribution in [1.29, 1.82) is 0 Å². The van der Waals surface area contributed by atoms with Crippen molar-refractivity contribution < 1.29 is 23.8 Å². The van der Waals surface area contributed by atoms with Gasteiger partial charge in [0.2, 0.25) is 5.91 Å². The van der Waals surface area contributed by atoms with Crippen LogP contribution in [0.3, 0.4) is 0 Å². The summed E-state index contributed by atoms with van der Waals surface area (Å²) in [5.74, 6) is 0.983. The van der Waals surface area contributed by atoms with Crippen molar-refractivity contribution in [3.8, 4) is 17.2 Å². The van der Waals surface area contributed by atoms with Crippen molar-refractivity contribution in [2.24, 2.45) is 0 Å². The zero-order valence-corrected chi connectivity index (χ0v) is 14.6. The highest BCUT2D eigenvalue weighted by atomic mass is 16.5. The second kappa shape index (κ2) is 7.77. The van der Waals surface area contributed by atoms with E-state index in [-0.39, 0.29) is 18.2 Å². The molecule has 0 fully saturated rings. The third kappa shape index (κ3) is 3.88. The number of amides is 2. The van der Waals surface area contributed by atoms with Crippen molar-refractivity contribution >= 4 is 23.2 Å². The number of ether oxygens (including phenoxy) is 3. The lowest BCUT2D eigenvalue weighted by atomic mass is 10.1. The van der Waals surface area contributed by atoms with Gasteiger partial charge in [-0.3, -0.25) is 9.59 Å². The van der Waals surface area contributed by atoms with E-state index in [1.54, 1.807) is 42.5 Å². The van der Waals surface area contributed by atoms with Crippen molar-refractivity contribution in [2.45, 2.75) is 19.4 Å². The molecule has 7 nitrogen and oxygen atoms in total. The number of hydrogen-bond donors (Lipinski definition) is 2. The Morgan fingerprint density at radius 1 is 1.23 bits per heavy atom. The van der Waals surface area contributed by atoms with Gasteiger partial charge < -0.3 is 24.8 Å². The summed E-state index contributed by atoms with van der Waals surface area (Å²) in [4.78, 5) is 24.4. The number of nitrogens with one attached hydrogen (secondary N) is 2. The Morgan fingerprint density at radius 3 is 2.81 bits per heavy atom. The van der Waals surface area contributed by atoms with E-state index in [1.165, 1.54) is 7.11 Å². The summed E-state index contributed by atoms with van der Waals surface area (Å²) in [6.45, 7) is 2.39. The van der Waals surface area contributed by atoms with Crippen LogP contribution in [0, 0.1) is 0 Å². The number of rotatable bonds is 6. The molecule has 2 aromatic rings. The van der Waals surface area contributed by atoms with Gasteiger partial charge in [-0.15, -0.1) is 0 Å². The molecular formula is C19H20N2O5. The van der Waals surface area contributed by atoms with Crippen LogP contribution in [0.5, 0.6) is 17.2 Å². The molecule has 7 heteroatoms. The minimum Gasteiger partial charge on any atom is -0.493 e. The van der Waals surface area contributed by atoms with Crippen LogP contribution < -0.4 is 24.8 Å². The SMILES string of the molecule is CCOc1ccc(NC(=O)C[C@@H]2Oc3ccccc3NC2=O)cc1OC. The molecule has 136 valence electrons. The first-order valence-electron chi connectivity index (χ1n) is 8.28. The molecule has 0 radical (unpaired) electrons. The predicted octanol–water partition coefficient (Wildman–Crippen LogP) is 2.82. The van der Waals surface area contributed by atoms with Gasteiger partial charge in [0.05, 0.1) is 25.8 Å². The van der Waals surface area contributed by atoms with E-state index in [0.29, 0.717) is 35.2 Å². The van der Waals surface area contributed by atoms with E-state index in [0.717, 1.165) is 0 Å². The lowest BCUT2D eigenvalue weighted by Gasteiger charge is -2.25. The fourth-order valence-electron chi connectivity index (χ4n) is 2.63. The molecule has 1 aliphatic rings.